The maximum Gasteiger partial charge on any atom is 0.573 e. The van der Waals surface area contributed by atoms with E-state index in [9.17, 15) is 31.8 Å². The number of halogens is 3. The topological polar surface area (TPSA) is 126 Å². The van der Waals surface area contributed by atoms with E-state index in [1.54, 1.807) is 20.8 Å². The molecule has 0 atom stereocenters. The maximum atomic E-state index is 13.2. The highest BCUT2D eigenvalue weighted by Crippen LogP contribution is 2.36. The van der Waals surface area contributed by atoms with Gasteiger partial charge in [0.1, 0.15) is 21.3 Å². The molecule has 0 aliphatic heterocycles. The van der Waals surface area contributed by atoms with Gasteiger partial charge in [0.2, 0.25) is 15.0 Å². The molecule has 0 saturated heterocycles. The number of rotatable bonds is 6. The van der Waals surface area contributed by atoms with Crippen LogP contribution in [0.3, 0.4) is 0 Å². The van der Waals surface area contributed by atoms with E-state index in [4.69, 9.17) is 0 Å². The number of alkyl halides is 3. The highest BCUT2D eigenvalue weighted by molar-refractivity contribution is 7.89. The summed E-state index contributed by atoms with van der Waals surface area (Å²) in [5.41, 5.74) is -0.125. The molecule has 1 aliphatic rings. The Balaban J connectivity index is 1.80. The normalized spacial score (nSPS) is 19.9. The highest BCUT2D eigenvalue weighted by atomic mass is 32.2. The molecule has 0 unspecified atom stereocenters. The fraction of sp³-hybridized carbons (Fsp3) is 0.524. The van der Waals surface area contributed by atoms with Gasteiger partial charge < -0.3 is 14.9 Å². The Morgan fingerprint density at radius 1 is 1.20 bits per heavy atom. The van der Waals surface area contributed by atoms with Crippen LogP contribution in [0, 0.1) is 6.92 Å². The molecule has 1 aliphatic carbocycles. The summed E-state index contributed by atoms with van der Waals surface area (Å²) in [5, 5.41) is 24.7. The SMILES string of the molecule is Cc1nc2sc(C(C)(C)O)nn2c1-c1ccc(OC(F)(F)F)c(S(=O)(=O)N[C@H]2CC[C@@H](O)CC2)c1. The van der Waals surface area contributed by atoms with E-state index in [1.165, 1.54) is 10.6 Å². The summed E-state index contributed by atoms with van der Waals surface area (Å²) in [7, 11) is -4.42. The molecule has 9 nitrogen and oxygen atoms in total. The molecule has 2 heterocycles. The molecule has 0 bridgehead atoms. The van der Waals surface area contributed by atoms with Gasteiger partial charge in [0.15, 0.2) is 0 Å². The first kappa shape index (κ1) is 25.8. The second kappa shape index (κ2) is 9.00. The number of benzene rings is 1. The summed E-state index contributed by atoms with van der Waals surface area (Å²) in [5.74, 6) is -0.863. The molecule has 3 aromatic rings. The zero-order chi connectivity index (χ0) is 25.8. The van der Waals surface area contributed by atoms with E-state index in [0.29, 0.717) is 47.0 Å². The number of sulfonamides is 1. The van der Waals surface area contributed by atoms with Crippen LogP contribution in [-0.4, -0.2) is 51.7 Å². The third-order valence-corrected chi connectivity index (χ3v) is 8.42. The van der Waals surface area contributed by atoms with Crippen molar-refractivity contribution >= 4 is 26.3 Å². The molecule has 192 valence electrons. The number of aliphatic hydroxyl groups excluding tert-OH is 1. The zero-order valence-electron chi connectivity index (χ0n) is 19.1. The van der Waals surface area contributed by atoms with E-state index < -0.39 is 44.8 Å². The lowest BCUT2D eigenvalue weighted by Crippen LogP contribution is -2.38. The summed E-state index contributed by atoms with van der Waals surface area (Å²) >= 11 is 1.14. The van der Waals surface area contributed by atoms with E-state index >= 15 is 0 Å². The van der Waals surface area contributed by atoms with Crippen molar-refractivity contribution in [3.05, 3.63) is 28.9 Å². The average molecular weight is 535 g/mol. The van der Waals surface area contributed by atoms with Crippen molar-refractivity contribution in [3.8, 4) is 17.0 Å². The van der Waals surface area contributed by atoms with Crippen molar-refractivity contribution in [1.29, 1.82) is 0 Å². The Hall–Kier alpha value is -2.26. The van der Waals surface area contributed by atoms with Crippen molar-refractivity contribution in [3.63, 3.8) is 0 Å². The van der Waals surface area contributed by atoms with Gasteiger partial charge in [-0.2, -0.15) is 5.10 Å². The third kappa shape index (κ3) is 5.61. The largest absolute Gasteiger partial charge is 0.573 e. The number of nitrogens with zero attached hydrogens (tertiary/aromatic N) is 3. The summed E-state index contributed by atoms with van der Waals surface area (Å²) in [4.78, 5) is 4.17. The first-order chi connectivity index (χ1) is 16.1. The van der Waals surface area contributed by atoms with Crippen LogP contribution in [0.2, 0.25) is 0 Å². The molecule has 14 heteroatoms. The number of hydrogen-bond acceptors (Lipinski definition) is 8. The van der Waals surface area contributed by atoms with Gasteiger partial charge in [-0.05, 0) is 64.7 Å². The molecular weight excluding hydrogens is 509 g/mol. The van der Waals surface area contributed by atoms with Crippen molar-refractivity contribution in [1.82, 2.24) is 19.3 Å². The molecule has 0 amide bonds. The van der Waals surface area contributed by atoms with E-state index in [0.717, 1.165) is 23.5 Å². The molecule has 0 radical (unpaired) electrons. The number of aryl methyl sites for hydroxylation is 1. The quantitative estimate of drug-likeness (QED) is 0.442. The Morgan fingerprint density at radius 3 is 2.46 bits per heavy atom. The van der Waals surface area contributed by atoms with E-state index in [1.807, 2.05) is 0 Å². The molecular formula is C21H25F3N4O5S2. The van der Waals surface area contributed by atoms with Crippen LogP contribution in [0.15, 0.2) is 23.1 Å². The Morgan fingerprint density at radius 2 is 1.86 bits per heavy atom. The highest BCUT2D eigenvalue weighted by Gasteiger charge is 2.35. The number of hydrogen-bond donors (Lipinski definition) is 3. The van der Waals surface area contributed by atoms with Crippen LogP contribution in [0.25, 0.3) is 16.2 Å². The van der Waals surface area contributed by atoms with Crippen LogP contribution in [0.1, 0.15) is 50.2 Å². The first-order valence-electron chi connectivity index (χ1n) is 10.8. The Kier molecular flexibility index (Phi) is 6.64. The minimum absolute atomic E-state index is 0.261. The van der Waals surface area contributed by atoms with Gasteiger partial charge in [-0.15, -0.1) is 13.2 Å². The number of fused-ring (bicyclic) bond motifs is 1. The molecule has 0 spiro atoms. The van der Waals surface area contributed by atoms with Crippen LogP contribution in [0.4, 0.5) is 13.2 Å². The lowest BCUT2D eigenvalue weighted by Gasteiger charge is -2.26. The second-order valence-corrected chi connectivity index (χ2v) is 11.7. The van der Waals surface area contributed by atoms with Gasteiger partial charge in [0.25, 0.3) is 0 Å². The van der Waals surface area contributed by atoms with Crippen LogP contribution >= 0.6 is 11.3 Å². The molecule has 35 heavy (non-hydrogen) atoms. The third-order valence-electron chi connectivity index (χ3n) is 5.65. The molecule has 3 N–H and O–H groups in total. The summed E-state index contributed by atoms with van der Waals surface area (Å²) in [6, 6.07) is 2.82. The predicted molar refractivity (Wildman–Crippen MR) is 122 cm³/mol. The van der Waals surface area contributed by atoms with Crippen molar-refractivity contribution in [2.24, 2.45) is 0 Å². The number of imidazole rings is 1. The lowest BCUT2D eigenvalue weighted by atomic mass is 9.94. The predicted octanol–water partition coefficient (Wildman–Crippen LogP) is 3.47. The van der Waals surface area contributed by atoms with Crippen molar-refractivity contribution < 1.29 is 36.5 Å². The minimum atomic E-state index is -5.10. The van der Waals surface area contributed by atoms with Gasteiger partial charge in [0.05, 0.1) is 17.5 Å². The minimum Gasteiger partial charge on any atom is -0.404 e. The standard InChI is InChI=1S/C21H25F3N4O5S2/c1-11-17(28-19(25-11)34-18(26-28)20(2,3)30)12-4-9-15(33-21(22,23)24)16(10-12)35(31,32)27-13-5-7-14(29)8-6-13/h4,9-10,13-14,27,29-30H,5-8H2,1-3H3/t13-,14+. The fourth-order valence-corrected chi connectivity index (χ4v) is 6.38. The number of aliphatic hydroxyl groups is 2. The average Bonchev–Trinajstić information content (AvgIpc) is 3.26. The Labute approximate surface area is 203 Å². The van der Waals surface area contributed by atoms with Crippen LogP contribution in [-0.2, 0) is 15.6 Å². The molecule has 4 rings (SSSR count). The van der Waals surface area contributed by atoms with Gasteiger partial charge >= 0.3 is 6.36 Å². The molecule has 1 saturated carbocycles. The number of aromatic nitrogens is 3. The molecule has 1 aromatic carbocycles. The van der Waals surface area contributed by atoms with E-state index in [2.05, 4.69) is 19.5 Å². The summed E-state index contributed by atoms with van der Waals surface area (Å²) < 4.78 is 73.5. The summed E-state index contributed by atoms with van der Waals surface area (Å²) in [6.07, 6.45) is -4.13. The summed E-state index contributed by atoms with van der Waals surface area (Å²) in [6.45, 7) is 4.78. The number of ether oxygens (including phenoxy) is 1. The first-order valence-corrected chi connectivity index (χ1v) is 13.1. The van der Waals surface area contributed by atoms with Crippen molar-refractivity contribution in [2.75, 3.05) is 0 Å². The van der Waals surface area contributed by atoms with Crippen molar-refractivity contribution in [2.45, 2.75) is 75.5 Å². The Bertz CT molecular complexity index is 1340. The lowest BCUT2D eigenvalue weighted by molar-refractivity contribution is -0.275. The van der Waals surface area contributed by atoms with Gasteiger partial charge in [-0.1, -0.05) is 11.3 Å². The van der Waals surface area contributed by atoms with Gasteiger partial charge in [-0.3, -0.25) is 0 Å². The zero-order valence-corrected chi connectivity index (χ0v) is 20.8. The monoisotopic (exact) mass is 534 g/mol. The van der Waals surface area contributed by atoms with Gasteiger partial charge in [0, 0.05) is 11.6 Å². The fourth-order valence-electron chi connectivity index (χ4n) is 3.98. The molecule has 1 fully saturated rings. The maximum absolute atomic E-state index is 13.2. The van der Waals surface area contributed by atoms with Crippen LogP contribution < -0.4 is 9.46 Å². The van der Waals surface area contributed by atoms with E-state index in [-0.39, 0.29) is 5.56 Å². The second-order valence-electron chi connectivity index (χ2n) is 9.04. The smallest absolute Gasteiger partial charge is 0.404 e. The molecule has 2 aromatic heterocycles. The van der Waals surface area contributed by atoms with Crippen LogP contribution in [0.5, 0.6) is 5.75 Å². The van der Waals surface area contributed by atoms with Gasteiger partial charge in [-0.25, -0.2) is 22.6 Å². The number of nitrogens with one attached hydrogen (secondary N) is 1.